The first kappa shape index (κ1) is 11.5. The second-order valence-corrected chi connectivity index (χ2v) is 5.03. The Morgan fingerprint density at radius 3 is 2.12 bits per heavy atom. The summed E-state index contributed by atoms with van der Waals surface area (Å²) < 4.78 is 39.6. The molecule has 16 heavy (non-hydrogen) atoms. The van der Waals surface area contributed by atoms with Crippen molar-refractivity contribution in [2.75, 3.05) is 0 Å². The van der Waals surface area contributed by atoms with Crippen LogP contribution in [-0.4, -0.2) is 5.54 Å². The third kappa shape index (κ3) is 1.44. The third-order valence-corrected chi connectivity index (χ3v) is 3.53. The average molecular weight is 229 g/mol. The Balaban J connectivity index is 2.55. The highest BCUT2D eigenvalue weighted by molar-refractivity contribution is 5.38. The van der Waals surface area contributed by atoms with E-state index in [0.717, 1.165) is 6.07 Å². The summed E-state index contributed by atoms with van der Waals surface area (Å²) in [6, 6.07) is 2.26. The first-order valence-electron chi connectivity index (χ1n) is 5.22. The van der Waals surface area contributed by atoms with Crippen molar-refractivity contribution < 1.29 is 13.2 Å². The van der Waals surface area contributed by atoms with Gasteiger partial charge in [0.15, 0.2) is 17.5 Å². The molecule has 88 valence electrons. The predicted molar refractivity (Wildman–Crippen MR) is 55.5 cm³/mol. The molecule has 0 spiro atoms. The van der Waals surface area contributed by atoms with Gasteiger partial charge in [-0.3, -0.25) is 0 Å². The number of nitrogens with two attached hydrogens (primary N) is 1. The van der Waals surface area contributed by atoms with E-state index < -0.39 is 28.4 Å². The Morgan fingerprint density at radius 2 is 1.69 bits per heavy atom. The zero-order valence-electron chi connectivity index (χ0n) is 9.28. The fourth-order valence-corrected chi connectivity index (χ4v) is 2.28. The lowest BCUT2D eigenvalue weighted by molar-refractivity contribution is 0.364. The van der Waals surface area contributed by atoms with Gasteiger partial charge in [0.25, 0.3) is 0 Å². The molecule has 1 nitrogen and oxygen atoms in total. The van der Waals surface area contributed by atoms with Crippen LogP contribution >= 0.6 is 0 Å². The molecule has 0 aromatic heterocycles. The van der Waals surface area contributed by atoms with Crippen LogP contribution in [0.2, 0.25) is 0 Å². The van der Waals surface area contributed by atoms with Gasteiger partial charge in [0.1, 0.15) is 0 Å². The molecule has 1 fully saturated rings. The Hall–Kier alpha value is -1.03. The molecule has 0 heterocycles. The Morgan fingerprint density at radius 1 is 1.12 bits per heavy atom. The molecule has 0 atom stereocenters. The maximum atomic E-state index is 13.7. The van der Waals surface area contributed by atoms with E-state index in [4.69, 9.17) is 5.73 Å². The summed E-state index contributed by atoms with van der Waals surface area (Å²) >= 11 is 0. The molecule has 2 rings (SSSR count). The molecular weight excluding hydrogens is 215 g/mol. The highest BCUT2D eigenvalue weighted by Crippen LogP contribution is 2.55. The van der Waals surface area contributed by atoms with Crippen molar-refractivity contribution in [1.82, 2.24) is 0 Å². The lowest BCUT2D eigenvalue weighted by Crippen LogP contribution is -2.45. The molecule has 1 aromatic carbocycles. The summed E-state index contributed by atoms with van der Waals surface area (Å²) in [7, 11) is 0. The second-order valence-electron chi connectivity index (χ2n) is 5.03. The van der Waals surface area contributed by atoms with Gasteiger partial charge in [0.05, 0.1) is 0 Å². The van der Waals surface area contributed by atoms with E-state index in [0.29, 0.717) is 12.8 Å². The van der Waals surface area contributed by atoms with Crippen molar-refractivity contribution in [2.45, 2.75) is 37.6 Å². The van der Waals surface area contributed by atoms with Gasteiger partial charge in [-0.15, -0.1) is 0 Å². The summed E-state index contributed by atoms with van der Waals surface area (Å²) in [5, 5.41) is 0. The monoisotopic (exact) mass is 229 g/mol. The highest BCUT2D eigenvalue weighted by atomic mass is 19.2. The van der Waals surface area contributed by atoms with E-state index in [1.165, 1.54) is 6.07 Å². The summed E-state index contributed by atoms with van der Waals surface area (Å²) in [6.07, 6.45) is 1.41. The van der Waals surface area contributed by atoms with E-state index in [9.17, 15) is 13.2 Å². The molecule has 1 saturated carbocycles. The van der Waals surface area contributed by atoms with E-state index >= 15 is 0 Å². The summed E-state index contributed by atoms with van der Waals surface area (Å²) in [4.78, 5) is 0. The normalized spacial score (nSPS) is 18.6. The lowest BCUT2D eigenvalue weighted by Gasteiger charge is -2.31. The zero-order valence-corrected chi connectivity index (χ0v) is 9.28. The fourth-order valence-electron chi connectivity index (χ4n) is 2.28. The zero-order chi connectivity index (χ0) is 12.1. The van der Waals surface area contributed by atoms with Crippen LogP contribution in [0.4, 0.5) is 13.2 Å². The SMILES string of the molecule is CC(C)(N)C1(c2ccc(F)c(F)c2F)CC1. The highest BCUT2D eigenvalue weighted by Gasteiger charge is 2.55. The van der Waals surface area contributed by atoms with Crippen molar-refractivity contribution in [3.63, 3.8) is 0 Å². The first-order chi connectivity index (χ1) is 7.29. The van der Waals surface area contributed by atoms with Gasteiger partial charge < -0.3 is 5.73 Å². The van der Waals surface area contributed by atoms with Gasteiger partial charge in [-0.25, -0.2) is 13.2 Å². The van der Waals surface area contributed by atoms with E-state index in [1.807, 2.05) is 0 Å². The van der Waals surface area contributed by atoms with E-state index in [2.05, 4.69) is 0 Å². The number of hydrogen-bond donors (Lipinski definition) is 1. The van der Waals surface area contributed by atoms with Crippen LogP contribution in [0.1, 0.15) is 32.3 Å². The molecule has 0 radical (unpaired) electrons. The summed E-state index contributed by atoms with van der Waals surface area (Å²) in [5.41, 5.74) is 4.98. The molecule has 1 aliphatic rings. The van der Waals surface area contributed by atoms with Crippen molar-refractivity contribution >= 4 is 0 Å². The molecule has 0 aliphatic heterocycles. The minimum atomic E-state index is -1.41. The van der Waals surface area contributed by atoms with Gasteiger partial charge in [-0.2, -0.15) is 0 Å². The average Bonchev–Trinajstić information content (AvgIpc) is 2.94. The van der Waals surface area contributed by atoms with Crippen LogP contribution < -0.4 is 5.73 Å². The summed E-state index contributed by atoms with van der Waals surface area (Å²) in [6.45, 7) is 3.56. The fraction of sp³-hybridized carbons (Fsp3) is 0.500. The Bertz CT molecular complexity index is 431. The largest absolute Gasteiger partial charge is 0.325 e. The first-order valence-corrected chi connectivity index (χ1v) is 5.22. The lowest BCUT2D eigenvalue weighted by atomic mass is 9.79. The Labute approximate surface area is 92.5 Å². The molecule has 1 aromatic rings. The molecule has 4 heteroatoms. The van der Waals surface area contributed by atoms with E-state index in [-0.39, 0.29) is 5.56 Å². The second kappa shape index (κ2) is 3.23. The van der Waals surface area contributed by atoms with Crippen molar-refractivity contribution in [1.29, 1.82) is 0 Å². The van der Waals surface area contributed by atoms with Crippen LogP contribution in [0, 0.1) is 17.5 Å². The molecule has 1 aliphatic carbocycles. The maximum Gasteiger partial charge on any atom is 0.194 e. The van der Waals surface area contributed by atoms with Gasteiger partial charge in [0.2, 0.25) is 0 Å². The molecule has 2 N–H and O–H groups in total. The number of rotatable bonds is 2. The Kier molecular flexibility index (Phi) is 2.31. The predicted octanol–water partition coefficient (Wildman–Crippen LogP) is 2.87. The molecule has 0 saturated heterocycles. The van der Waals surface area contributed by atoms with Crippen molar-refractivity contribution in [2.24, 2.45) is 5.73 Å². The topological polar surface area (TPSA) is 26.0 Å². The van der Waals surface area contributed by atoms with Crippen LogP contribution in [0.3, 0.4) is 0 Å². The van der Waals surface area contributed by atoms with Gasteiger partial charge in [-0.05, 0) is 38.3 Å². The van der Waals surface area contributed by atoms with Crippen LogP contribution in [0.5, 0.6) is 0 Å². The molecular formula is C12H14F3N. The van der Waals surface area contributed by atoms with Crippen molar-refractivity contribution in [3.05, 3.63) is 35.1 Å². The smallest absolute Gasteiger partial charge is 0.194 e. The van der Waals surface area contributed by atoms with Gasteiger partial charge in [0, 0.05) is 11.0 Å². The van der Waals surface area contributed by atoms with Crippen molar-refractivity contribution in [3.8, 4) is 0 Å². The third-order valence-electron chi connectivity index (χ3n) is 3.53. The number of halogens is 3. The molecule has 0 unspecified atom stereocenters. The quantitative estimate of drug-likeness (QED) is 0.775. The minimum Gasteiger partial charge on any atom is -0.325 e. The van der Waals surface area contributed by atoms with Gasteiger partial charge in [-0.1, -0.05) is 6.07 Å². The maximum absolute atomic E-state index is 13.7. The number of benzene rings is 1. The number of hydrogen-bond acceptors (Lipinski definition) is 1. The standard InChI is InChI=1S/C12H14F3N/c1-11(2,16)12(5-6-12)7-3-4-8(13)10(15)9(7)14/h3-4H,5-6,16H2,1-2H3. The van der Waals surface area contributed by atoms with E-state index in [1.54, 1.807) is 13.8 Å². The minimum absolute atomic E-state index is 0.193. The molecule has 0 amide bonds. The van der Waals surface area contributed by atoms with Crippen LogP contribution in [0.25, 0.3) is 0 Å². The summed E-state index contributed by atoms with van der Waals surface area (Å²) in [5.74, 6) is -3.67. The van der Waals surface area contributed by atoms with Crippen LogP contribution in [-0.2, 0) is 5.41 Å². The molecule has 0 bridgehead atoms. The van der Waals surface area contributed by atoms with Crippen LogP contribution in [0.15, 0.2) is 12.1 Å². The van der Waals surface area contributed by atoms with Gasteiger partial charge >= 0.3 is 0 Å².